The molecule has 168 valence electrons. The molecule has 0 atom stereocenters. The van der Waals surface area contributed by atoms with Crippen molar-refractivity contribution in [3.63, 3.8) is 0 Å². The maximum Gasteiger partial charge on any atom is 0.356 e. The van der Waals surface area contributed by atoms with Gasteiger partial charge in [0.05, 0.1) is 11.0 Å². The van der Waals surface area contributed by atoms with Gasteiger partial charge in [-0.05, 0) is 49.7 Å². The third kappa shape index (κ3) is 5.09. The van der Waals surface area contributed by atoms with Gasteiger partial charge in [0.1, 0.15) is 5.69 Å². The predicted molar refractivity (Wildman–Crippen MR) is 119 cm³/mol. The first-order valence-corrected chi connectivity index (χ1v) is 11.3. The molecule has 2 aromatic carbocycles. The summed E-state index contributed by atoms with van der Waals surface area (Å²) >= 11 is 5.91. The highest BCUT2D eigenvalue weighted by atomic mass is 35.5. The molecule has 32 heavy (non-hydrogen) atoms. The minimum Gasteiger partial charge on any atom is -0.458 e. The van der Waals surface area contributed by atoms with Crippen LogP contribution in [0.15, 0.2) is 65.7 Å². The second-order valence-electron chi connectivity index (χ2n) is 7.08. The quantitative estimate of drug-likeness (QED) is 0.288. The molecular formula is C21H20ClN3O6S. The highest BCUT2D eigenvalue weighted by molar-refractivity contribution is 7.90. The van der Waals surface area contributed by atoms with Crippen LogP contribution in [-0.4, -0.2) is 29.4 Å². The summed E-state index contributed by atoms with van der Waals surface area (Å²) in [7, 11) is -4.55. The minimum absolute atomic E-state index is 0.00129. The van der Waals surface area contributed by atoms with Gasteiger partial charge in [-0.1, -0.05) is 29.8 Å². The maximum absolute atomic E-state index is 13.4. The molecule has 0 amide bonds. The standard InChI is InChI=1S/C21H20ClN3O6S/c1-14(2)31-21(26)19-10-15(12-23-17-6-4-3-5-7-17)13-24(19)32(29,30)20-11-16(22)8-9-18(20)25(27)28/h3-11,13-14,23H,12H2,1-2H3. The van der Waals surface area contributed by atoms with Crippen LogP contribution in [0.3, 0.4) is 0 Å². The van der Waals surface area contributed by atoms with E-state index >= 15 is 0 Å². The van der Waals surface area contributed by atoms with E-state index in [0.29, 0.717) is 9.54 Å². The normalized spacial score (nSPS) is 11.4. The first-order chi connectivity index (χ1) is 15.1. The van der Waals surface area contributed by atoms with Crippen LogP contribution < -0.4 is 5.32 Å². The number of benzene rings is 2. The number of nitrogens with one attached hydrogen (secondary N) is 1. The molecule has 11 heteroatoms. The fourth-order valence-electron chi connectivity index (χ4n) is 2.93. The summed E-state index contributed by atoms with van der Waals surface area (Å²) in [4.78, 5) is 22.6. The molecule has 3 rings (SSSR count). The first-order valence-electron chi connectivity index (χ1n) is 9.50. The molecule has 9 nitrogen and oxygen atoms in total. The molecule has 0 fully saturated rings. The van der Waals surface area contributed by atoms with E-state index in [0.717, 1.165) is 17.8 Å². The molecular weight excluding hydrogens is 458 g/mol. The number of rotatable bonds is 8. The number of aromatic nitrogens is 1. The average molecular weight is 478 g/mol. The molecule has 0 aliphatic carbocycles. The topological polar surface area (TPSA) is 121 Å². The Labute approximate surface area is 189 Å². The van der Waals surface area contributed by atoms with Crippen molar-refractivity contribution in [3.05, 3.63) is 87.2 Å². The molecule has 0 aliphatic heterocycles. The van der Waals surface area contributed by atoms with Gasteiger partial charge in [0.25, 0.3) is 15.7 Å². The Morgan fingerprint density at radius 2 is 1.88 bits per heavy atom. The lowest BCUT2D eigenvalue weighted by Crippen LogP contribution is -2.21. The summed E-state index contributed by atoms with van der Waals surface area (Å²) < 4.78 is 32.6. The highest BCUT2D eigenvalue weighted by Crippen LogP contribution is 2.30. The van der Waals surface area contributed by atoms with Crippen LogP contribution >= 0.6 is 11.6 Å². The van der Waals surface area contributed by atoms with Crippen molar-refractivity contribution in [2.75, 3.05) is 5.32 Å². The molecule has 1 N–H and O–H groups in total. The molecule has 0 aliphatic rings. The largest absolute Gasteiger partial charge is 0.458 e. The van der Waals surface area contributed by atoms with Crippen LogP contribution in [0.25, 0.3) is 0 Å². The Hall–Kier alpha value is -3.37. The van der Waals surface area contributed by atoms with Gasteiger partial charge in [0.2, 0.25) is 0 Å². The van der Waals surface area contributed by atoms with E-state index in [1.807, 2.05) is 30.3 Å². The molecule has 1 heterocycles. The Morgan fingerprint density at radius 1 is 1.19 bits per heavy atom. The van der Waals surface area contributed by atoms with Crippen molar-refractivity contribution in [2.24, 2.45) is 0 Å². The molecule has 0 saturated carbocycles. The molecule has 0 spiro atoms. The third-order valence-corrected chi connectivity index (χ3v) is 6.26. The van der Waals surface area contributed by atoms with Crippen molar-refractivity contribution in [1.29, 1.82) is 0 Å². The summed E-state index contributed by atoms with van der Waals surface area (Å²) in [6.45, 7) is 3.45. The summed E-state index contributed by atoms with van der Waals surface area (Å²) in [5.74, 6) is -0.876. The van der Waals surface area contributed by atoms with Crippen molar-refractivity contribution in [3.8, 4) is 0 Å². The lowest BCUT2D eigenvalue weighted by atomic mass is 10.2. The summed E-state index contributed by atoms with van der Waals surface area (Å²) in [5.41, 5.74) is 0.311. The maximum atomic E-state index is 13.4. The number of nitro benzene ring substituents is 1. The Kier molecular flexibility index (Phi) is 6.85. The number of carbonyl (C=O) groups is 1. The first kappa shape index (κ1) is 23.3. The van der Waals surface area contributed by atoms with Gasteiger partial charge in [0.15, 0.2) is 4.90 Å². The van der Waals surface area contributed by atoms with E-state index in [2.05, 4.69) is 5.32 Å². The van der Waals surface area contributed by atoms with Gasteiger partial charge in [-0.15, -0.1) is 0 Å². The molecule has 0 saturated heterocycles. The van der Waals surface area contributed by atoms with Gasteiger partial charge in [-0.3, -0.25) is 10.1 Å². The highest BCUT2D eigenvalue weighted by Gasteiger charge is 2.32. The lowest BCUT2D eigenvalue weighted by Gasteiger charge is -2.12. The van der Waals surface area contributed by atoms with Gasteiger partial charge >= 0.3 is 5.97 Å². The van der Waals surface area contributed by atoms with Crippen LogP contribution in [-0.2, 0) is 21.3 Å². The van der Waals surface area contributed by atoms with Gasteiger partial charge < -0.3 is 10.1 Å². The molecule has 0 unspecified atom stereocenters. The SMILES string of the molecule is CC(C)OC(=O)c1cc(CNc2ccccc2)cn1S(=O)(=O)c1cc(Cl)ccc1[N+](=O)[O-]. The second-order valence-corrected chi connectivity index (χ2v) is 9.30. The smallest absolute Gasteiger partial charge is 0.356 e. The van der Waals surface area contributed by atoms with Gasteiger partial charge in [0, 0.05) is 29.5 Å². The summed E-state index contributed by atoms with van der Waals surface area (Å²) in [5, 5.41) is 14.5. The number of hydrogen-bond donors (Lipinski definition) is 1. The van der Waals surface area contributed by atoms with E-state index in [-0.39, 0.29) is 17.3 Å². The van der Waals surface area contributed by atoms with Gasteiger partial charge in [-0.25, -0.2) is 17.2 Å². The van der Waals surface area contributed by atoms with E-state index in [1.165, 1.54) is 18.3 Å². The van der Waals surface area contributed by atoms with Crippen LogP contribution in [0.1, 0.15) is 29.9 Å². The summed E-state index contributed by atoms with van der Waals surface area (Å²) in [6.07, 6.45) is 0.729. The van der Waals surface area contributed by atoms with Crippen LogP contribution in [0.4, 0.5) is 11.4 Å². The lowest BCUT2D eigenvalue weighted by molar-refractivity contribution is -0.387. The second kappa shape index (κ2) is 9.41. The molecule has 0 bridgehead atoms. The number of hydrogen-bond acceptors (Lipinski definition) is 7. The molecule has 0 radical (unpaired) electrons. The minimum atomic E-state index is -4.55. The number of esters is 1. The van der Waals surface area contributed by atoms with E-state index in [1.54, 1.807) is 13.8 Å². The predicted octanol–water partition coefficient (Wildman–Crippen LogP) is 4.46. The number of anilines is 1. The van der Waals surface area contributed by atoms with Crippen molar-refractivity contribution in [1.82, 2.24) is 3.97 Å². The fourth-order valence-corrected chi connectivity index (χ4v) is 4.72. The number of nitrogens with zero attached hydrogens (tertiary/aromatic N) is 2. The van der Waals surface area contributed by atoms with E-state index in [4.69, 9.17) is 16.3 Å². The van der Waals surface area contributed by atoms with Crippen LogP contribution in [0, 0.1) is 10.1 Å². The zero-order valence-electron chi connectivity index (χ0n) is 17.2. The van der Waals surface area contributed by atoms with Crippen LogP contribution in [0.5, 0.6) is 0 Å². The number of carbonyl (C=O) groups excluding carboxylic acids is 1. The number of para-hydroxylation sites is 1. The Balaban J connectivity index is 2.09. The Bertz CT molecular complexity index is 1260. The number of ether oxygens (including phenoxy) is 1. The van der Waals surface area contributed by atoms with Gasteiger partial charge in [-0.2, -0.15) is 0 Å². The third-order valence-electron chi connectivity index (χ3n) is 4.32. The summed E-state index contributed by atoms with van der Waals surface area (Å²) in [6, 6.07) is 13.8. The van der Waals surface area contributed by atoms with E-state index < -0.39 is 37.6 Å². The molecule has 3 aromatic rings. The van der Waals surface area contributed by atoms with Crippen LogP contribution in [0.2, 0.25) is 5.02 Å². The van der Waals surface area contributed by atoms with Crippen molar-refractivity contribution < 1.29 is 22.9 Å². The number of nitro groups is 1. The average Bonchev–Trinajstić information content (AvgIpc) is 3.18. The molecule has 1 aromatic heterocycles. The van der Waals surface area contributed by atoms with E-state index in [9.17, 15) is 23.3 Å². The van der Waals surface area contributed by atoms with Crippen molar-refractivity contribution in [2.45, 2.75) is 31.4 Å². The Morgan fingerprint density at radius 3 is 2.50 bits per heavy atom. The zero-order valence-corrected chi connectivity index (χ0v) is 18.8. The van der Waals surface area contributed by atoms with Crippen molar-refractivity contribution >= 4 is 39.0 Å². The monoisotopic (exact) mass is 477 g/mol. The fraction of sp³-hybridized carbons (Fsp3) is 0.190. The zero-order chi connectivity index (χ0) is 23.5. The number of halogens is 1.